The monoisotopic (exact) mass is 334 g/mol. The lowest BCUT2D eigenvalue weighted by atomic mass is 10.1. The van der Waals surface area contributed by atoms with E-state index in [-0.39, 0.29) is 5.91 Å². The van der Waals surface area contributed by atoms with E-state index in [2.05, 4.69) is 27.3 Å². The Bertz CT molecular complexity index is 892. The van der Waals surface area contributed by atoms with Gasteiger partial charge in [0.1, 0.15) is 5.65 Å². The number of piperidine rings is 1. The van der Waals surface area contributed by atoms with E-state index < -0.39 is 0 Å². The molecule has 0 bridgehead atoms. The number of aromatic nitrogens is 2. The fourth-order valence-corrected chi connectivity index (χ4v) is 3.36. The maximum absolute atomic E-state index is 12.5. The lowest BCUT2D eigenvalue weighted by molar-refractivity contribution is 0.102. The minimum atomic E-state index is -0.117. The SMILES string of the molecule is Cc1cn2ccc(C(=O)Nc3ccc(N4CCCCC4)cc3)cc2n1. The van der Waals surface area contributed by atoms with Gasteiger partial charge < -0.3 is 14.6 Å². The first-order valence-corrected chi connectivity index (χ1v) is 8.81. The van der Waals surface area contributed by atoms with Crippen LogP contribution in [0.15, 0.2) is 48.8 Å². The van der Waals surface area contributed by atoms with Crippen LogP contribution in [0.1, 0.15) is 35.3 Å². The maximum atomic E-state index is 12.5. The van der Waals surface area contributed by atoms with Crippen LogP contribution in [0, 0.1) is 6.92 Å². The maximum Gasteiger partial charge on any atom is 0.255 e. The fourth-order valence-electron chi connectivity index (χ4n) is 3.36. The van der Waals surface area contributed by atoms with Gasteiger partial charge in [0.05, 0.1) is 5.69 Å². The number of amides is 1. The summed E-state index contributed by atoms with van der Waals surface area (Å²) >= 11 is 0. The minimum absolute atomic E-state index is 0.117. The molecule has 2 aromatic heterocycles. The van der Waals surface area contributed by atoms with Crippen molar-refractivity contribution < 1.29 is 4.79 Å². The third-order valence-corrected chi connectivity index (χ3v) is 4.69. The molecule has 3 heterocycles. The second kappa shape index (κ2) is 6.59. The molecule has 1 amide bonds. The van der Waals surface area contributed by atoms with E-state index in [0.29, 0.717) is 5.56 Å². The summed E-state index contributed by atoms with van der Waals surface area (Å²) in [5.41, 5.74) is 4.37. The van der Waals surface area contributed by atoms with Crippen molar-refractivity contribution >= 4 is 22.9 Å². The average Bonchev–Trinajstić information content (AvgIpc) is 3.02. The van der Waals surface area contributed by atoms with Crippen molar-refractivity contribution in [3.05, 3.63) is 60.0 Å². The summed E-state index contributed by atoms with van der Waals surface area (Å²) in [6, 6.07) is 11.7. The molecule has 0 spiro atoms. The van der Waals surface area contributed by atoms with Crippen molar-refractivity contribution in [2.45, 2.75) is 26.2 Å². The first kappa shape index (κ1) is 15.7. The van der Waals surface area contributed by atoms with Crippen molar-refractivity contribution in [1.29, 1.82) is 0 Å². The summed E-state index contributed by atoms with van der Waals surface area (Å²) in [7, 11) is 0. The lowest BCUT2D eigenvalue weighted by Crippen LogP contribution is -2.29. The smallest absolute Gasteiger partial charge is 0.255 e. The standard InChI is InChI=1S/C20H22N4O/c1-15-14-24-12-9-16(13-19(24)21-15)20(25)22-17-5-7-18(8-6-17)23-10-3-2-4-11-23/h5-9,12-14H,2-4,10-11H2,1H3,(H,22,25). The topological polar surface area (TPSA) is 49.6 Å². The number of hydrogen-bond donors (Lipinski definition) is 1. The highest BCUT2D eigenvalue weighted by molar-refractivity contribution is 6.04. The van der Waals surface area contributed by atoms with Gasteiger partial charge in [-0.1, -0.05) is 0 Å². The number of nitrogens with one attached hydrogen (secondary N) is 1. The Morgan fingerprint density at radius 1 is 1.08 bits per heavy atom. The second-order valence-corrected chi connectivity index (χ2v) is 6.61. The quantitative estimate of drug-likeness (QED) is 0.791. The zero-order valence-corrected chi connectivity index (χ0v) is 14.4. The van der Waals surface area contributed by atoms with Crippen LogP contribution in [-0.4, -0.2) is 28.4 Å². The van der Waals surface area contributed by atoms with Crippen LogP contribution < -0.4 is 10.2 Å². The van der Waals surface area contributed by atoms with Crippen molar-refractivity contribution in [2.75, 3.05) is 23.3 Å². The number of carbonyl (C=O) groups excluding carboxylic acids is 1. The molecule has 5 nitrogen and oxygen atoms in total. The van der Waals surface area contributed by atoms with Gasteiger partial charge in [-0.25, -0.2) is 4.98 Å². The summed E-state index contributed by atoms with van der Waals surface area (Å²) < 4.78 is 1.92. The van der Waals surface area contributed by atoms with E-state index >= 15 is 0 Å². The molecule has 0 aliphatic carbocycles. The largest absolute Gasteiger partial charge is 0.372 e. The summed E-state index contributed by atoms with van der Waals surface area (Å²) in [5, 5.41) is 2.97. The van der Waals surface area contributed by atoms with Crippen molar-refractivity contribution in [3.8, 4) is 0 Å². The summed E-state index contributed by atoms with van der Waals surface area (Å²) in [5.74, 6) is -0.117. The van der Waals surface area contributed by atoms with Crippen LogP contribution >= 0.6 is 0 Å². The molecular weight excluding hydrogens is 312 g/mol. The van der Waals surface area contributed by atoms with E-state index in [1.807, 2.05) is 48.0 Å². The van der Waals surface area contributed by atoms with Crippen LogP contribution in [-0.2, 0) is 0 Å². The molecule has 0 unspecified atom stereocenters. The van der Waals surface area contributed by atoms with Crippen molar-refractivity contribution in [3.63, 3.8) is 0 Å². The van der Waals surface area contributed by atoms with Gasteiger partial charge in [0.15, 0.2) is 0 Å². The lowest BCUT2D eigenvalue weighted by Gasteiger charge is -2.28. The molecule has 1 N–H and O–H groups in total. The fraction of sp³-hybridized carbons (Fsp3) is 0.300. The Balaban J connectivity index is 1.47. The van der Waals surface area contributed by atoms with Crippen LogP contribution in [0.3, 0.4) is 0 Å². The molecule has 1 fully saturated rings. The highest BCUT2D eigenvalue weighted by atomic mass is 16.1. The molecule has 3 aromatic rings. The Morgan fingerprint density at radius 3 is 2.60 bits per heavy atom. The zero-order valence-electron chi connectivity index (χ0n) is 14.4. The number of anilines is 2. The third-order valence-electron chi connectivity index (χ3n) is 4.69. The third kappa shape index (κ3) is 3.36. The zero-order chi connectivity index (χ0) is 17.2. The summed E-state index contributed by atoms with van der Waals surface area (Å²) in [6.45, 7) is 4.18. The van der Waals surface area contributed by atoms with E-state index in [9.17, 15) is 4.79 Å². The molecule has 0 radical (unpaired) electrons. The summed E-state index contributed by atoms with van der Waals surface area (Å²) in [4.78, 5) is 19.3. The number of aryl methyl sites for hydroxylation is 1. The number of nitrogens with zero attached hydrogens (tertiary/aromatic N) is 3. The Labute approximate surface area is 147 Å². The molecule has 0 atom stereocenters. The van der Waals surface area contributed by atoms with Crippen LogP contribution in [0.5, 0.6) is 0 Å². The van der Waals surface area contributed by atoms with Gasteiger partial charge in [0, 0.05) is 42.4 Å². The van der Waals surface area contributed by atoms with Crippen LogP contribution in [0.25, 0.3) is 5.65 Å². The number of benzene rings is 1. The van der Waals surface area contributed by atoms with E-state index in [1.165, 1.54) is 24.9 Å². The summed E-state index contributed by atoms with van der Waals surface area (Å²) in [6.07, 6.45) is 7.65. The number of pyridine rings is 1. The first-order valence-electron chi connectivity index (χ1n) is 8.81. The van der Waals surface area contributed by atoms with Crippen molar-refractivity contribution in [1.82, 2.24) is 9.38 Å². The molecular formula is C20H22N4O. The number of carbonyl (C=O) groups is 1. The van der Waals surface area contributed by atoms with Gasteiger partial charge in [-0.2, -0.15) is 0 Å². The Kier molecular flexibility index (Phi) is 4.14. The van der Waals surface area contributed by atoms with E-state index in [0.717, 1.165) is 30.1 Å². The first-order chi connectivity index (χ1) is 12.2. The Morgan fingerprint density at radius 2 is 1.84 bits per heavy atom. The molecule has 0 saturated carbocycles. The molecule has 25 heavy (non-hydrogen) atoms. The second-order valence-electron chi connectivity index (χ2n) is 6.61. The predicted molar refractivity (Wildman–Crippen MR) is 100 cm³/mol. The molecule has 4 rings (SSSR count). The average molecular weight is 334 g/mol. The van der Waals surface area contributed by atoms with Gasteiger partial charge in [-0.15, -0.1) is 0 Å². The van der Waals surface area contributed by atoms with Crippen LogP contribution in [0.4, 0.5) is 11.4 Å². The van der Waals surface area contributed by atoms with Gasteiger partial charge in [-0.3, -0.25) is 4.79 Å². The molecule has 1 aliphatic rings. The van der Waals surface area contributed by atoms with Crippen molar-refractivity contribution in [2.24, 2.45) is 0 Å². The van der Waals surface area contributed by atoms with Crippen LogP contribution in [0.2, 0.25) is 0 Å². The normalized spacial score (nSPS) is 14.7. The number of imidazole rings is 1. The minimum Gasteiger partial charge on any atom is -0.372 e. The van der Waals surface area contributed by atoms with E-state index in [4.69, 9.17) is 0 Å². The highest BCUT2D eigenvalue weighted by Gasteiger charge is 2.12. The molecule has 128 valence electrons. The van der Waals surface area contributed by atoms with Gasteiger partial charge >= 0.3 is 0 Å². The Hall–Kier alpha value is -2.82. The molecule has 5 heteroatoms. The van der Waals surface area contributed by atoms with Gasteiger partial charge in [-0.05, 0) is 62.6 Å². The van der Waals surface area contributed by atoms with Gasteiger partial charge in [0.2, 0.25) is 0 Å². The van der Waals surface area contributed by atoms with Gasteiger partial charge in [0.25, 0.3) is 5.91 Å². The molecule has 1 saturated heterocycles. The number of rotatable bonds is 3. The highest BCUT2D eigenvalue weighted by Crippen LogP contribution is 2.22. The van der Waals surface area contributed by atoms with E-state index in [1.54, 1.807) is 0 Å². The number of fused-ring (bicyclic) bond motifs is 1. The predicted octanol–water partition coefficient (Wildman–Crippen LogP) is 3.89. The number of hydrogen-bond acceptors (Lipinski definition) is 3. The molecule has 1 aromatic carbocycles. The molecule has 1 aliphatic heterocycles.